The zero-order chi connectivity index (χ0) is 19.4. The molecule has 7 heteroatoms. The third-order valence-corrected chi connectivity index (χ3v) is 5.44. The van der Waals surface area contributed by atoms with Gasteiger partial charge in [-0.3, -0.25) is 18.7 Å². The summed E-state index contributed by atoms with van der Waals surface area (Å²) in [6.45, 7) is 4.68. The summed E-state index contributed by atoms with van der Waals surface area (Å²) in [6.07, 6.45) is 1.62. The van der Waals surface area contributed by atoms with E-state index in [9.17, 15) is 14.4 Å². The fourth-order valence-electron chi connectivity index (χ4n) is 3.13. The molecule has 142 valence electrons. The van der Waals surface area contributed by atoms with Gasteiger partial charge in [0.05, 0.1) is 5.52 Å². The second-order valence-corrected chi connectivity index (χ2v) is 7.20. The number of nitrogens with zero attached hydrogens (tertiary/aromatic N) is 3. The third kappa shape index (κ3) is 3.73. The van der Waals surface area contributed by atoms with Gasteiger partial charge in [0.25, 0.3) is 5.56 Å². The quantitative estimate of drug-likeness (QED) is 0.628. The fourth-order valence-corrected chi connectivity index (χ4v) is 3.97. The number of para-hydroxylation sites is 1. The lowest BCUT2D eigenvalue weighted by molar-refractivity contribution is -0.119. The van der Waals surface area contributed by atoms with Crippen LogP contribution in [0.1, 0.15) is 26.7 Å². The van der Waals surface area contributed by atoms with E-state index in [1.54, 1.807) is 16.3 Å². The summed E-state index contributed by atoms with van der Waals surface area (Å²) in [6, 6.07) is 11.1. The van der Waals surface area contributed by atoms with Crippen LogP contribution in [-0.2, 0) is 17.9 Å². The van der Waals surface area contributed by atoms with Gasteiger partial charge in [-0.25, -0.2) is 4.79 Å². The van der Waals surface area contributed by atoms with Crippen LogP contribution in [0.15, 0.2) is 51.4 Å². The number of hydrogen-bond acceptors (Lipinski definition) is 4. The van der Waals surface area contributed by atoms with Crippen molar-refractivity contribution >= 4 is 33.1 Å². The van der Waals surface area contributed by atoms with Gasteiger partial charge in [-0.05, 0) is 36.9 Å². The van der Waals surface area contributed by atoms with Gasteiger partial charge >= 0.3 is 5.69 Å². The van der Waals surface area contributed by atoms with Gasteiger partial charge < -0.3 is 4.90 Å². The van der Waals surface area contributed by atoms with E-state index < -0.39 is 5.69 Å². The maximum Gasteiger partial charge on any atom is 0.332 e. The first-order valence-electron chi connectivity index (χ1n) is 9.14. The fraction of sp³-hybridized carbons (Fsp3) is 0.350. The van der Waals surface area contributed by atoms with Crippen molar-refractivity contribution in [2.24, 2.45) is 0 Å². The minimum Gasteiger partial charge on any atom is -0.311 e. The van der Waals surface area contributed by atoms with Crippen molar-refractivity contribution in [2.75, 3.05) is 11.4 Å². The topological polar surface area (TPSA) is 64.3 Å². The number of thiophene rings is 1. The largest absolute Gasteiger partial charge is 0.332 e. The maximum atomic E-state index is 13.0. The van der Waals surface area contributed by atoms with E-state index in [-0.39, 0.29) is 18.0 Å². The summed E-state index contributed by atoms with van der Waals surface area (Å²) >= 11 is 1.30. The number of likely N-dealkylation sites (N-methyl/N-ethyl adjacent to an activating group) is 1. The minimum atomic E-state index is -0.420. The van der Waals surface area contributed by atoms with Crippen molar-refractivity contribution in [1.82, 2.24) is 9.13 Å². The Kier molecular flexibility index (Phi) is 5.91. The molecule has 6 nitrogen and oxygen atoms in total. The van der Waals surface area contributed by atoms with E-state index in [0.29, 0.717) is 23.3 Å². The van der Waals surface area contributed by atoms with E-state index in [2.05, 4.69) is 0 Å². The molecule has 0 radical (unpaired) electrons. The molecule has 3 rings (SSSR count). The summed E-state index contributed by atoms with van der Waals surface area (Å²) in [7, 11) is 0. The van der Waals surface area contributed by atoms with Crippen LogP contribution in [0.3, 0.4) is 0 Å². The lowest BCUT2D eigenvalue weighted by atomic mass is 10.3. The second kappa shape index (κ2) is 8.35. The summed E-state index contributed by atoms with van der Waals surface area (Å²) in [5, 5.41) is 1.78. The predicted molar refractivity (Wildman–Crippen MR) is 110 cm³/mol. The van der Waals surface area contributed by atoms with Crippen molar-refractivity contribution in [3.05, 3.63) is 62.6 Å². The first-order valence-corrected chi connectivity index (χ1v) is 10.0. The Bertz CT molecular complexity index is 1050. The highest BCUT2D eigenvalue weighted by Crippen LogP contribution is 2.17. The van der Waals surface area contributed by atoms with Crippen molar-refractivity contribution in [3.8, 4) is 0 Å². The smallest absolute Gasteiger partial charge is 0.311 e. The van der Waals surface area contributed by atoms with Gasteiger partial charge in [0.15, 0.2) is 0 Å². The molecule has 27 heavy (non-hydrogen) atoms. The molecule has 3 aromatic rings. The molecule has 0 spiro atoms. The number of hydrogen-bond donors (Lipinski definition) is 0. The standard InChI is InChI=1S/C20H23N3O3S/c1-3-5-12-22-19(25)18-16(11-13-27-18)23(20(22)26)14-17(24)21(4-2)15-9-7-6-8-10-15/h6-11,13H,3-5,12,14H2,1-2H3. The highest BCUT2D eigenvalue weighted by atomic mass is 32.1. The molecule has 0 aliphatic heterocycles. The summed E-state index contributed by atoms with van der Waals surface area (Å²) in [5.41, 5.74) is 0.633. The average Bonchev–Trinajstić information content (AvgIpc) is 3.16. The molecule has 0 aliphatic rings. The van der Waals surface area contributed by atoms with Crippen LogP contribution in [0.2, 0.25) is 0 Å². The van der Waals surface area contributed by atoms with Crippen LogP contribution in [0.4, 0.5) is 5.69 Å². The number of benzene rings is 1. The van der Waals surface area contributed by atoms with Crippen LogP contribution < -0.4 is 16.1 Å². The molecule has 2 aromatic heterocycles. The molecule has 2 heterocycles. The Hall–Kier alpha value is -2.67. The zero-order valence-electron chi connectivity index (χ0n) is 15.6. The van der Waals surface area contributed by atoms with E-state index in [4.69, 9.17) is 0 Å². The Morgan fingerprint density at radius 1 is 1.07 bits per heavy atom. The molecule has 0 saturated carbocycles. The Morgan fingerprint density at radius 3 is 2.48 bits per heavy atom. The summed E-state index contributed by atoms with van der Waals surface area (Å²) in [4.78, 5) is 40.2. The maximum absolute atomic E-state index is 13.0. The molecule has 1 aromatic carbocycles. The van der Waals surface area contributed by atoms with Gasteiger partial charge in [-0.15, -0.1) is 11.3 Å². The van der Waals surface area contributed by atoms with Gasteiger partial charge in [-0.2, -0.15) is 0 Å². The monoisotopic (exact) mass is 385 g/mol. The van der Waals surface area contributed by atoms with E-state index >= 15 is 0 Å². The van der Waals surface area contributed by atoms with Gasteiger partial charge in [0, 0.05) is 18.8 Å². The Morgan fingerprint density at radius 2 is 1.81 bits per heavy atom. The molecule has 0 bridgehead atoms. The lowest BCUT2D eigenvalue weighted by Crippen LogP contribution is -2.43. The molecule has 0 aliphatic carbocycles. The number of anilines is 1. The first kappa shape index (κ1) is 19.1. The number of carbonyl (C=O) groups is 1. The predicted octanol–water partition coefficient (Wildman–Crippen LogP) is 3.08. The molecule has 0 N–H and O–H groups in total. The average molecular weight is 385 g/mol. The number of fused-ring (bicyclic) bond motifs is 1. The van der Waals surface area contributed by atoms with Crippen LogP contribution >= 0.6 is 11.3 Å². The van der Waals surface area contributed by atoms with Crippen molar-refractivity contribution in [1.29, 1.82) is 0 Å². The van der Waals surface area contributed by atoms with Gasteiger partial charge in [0.1, 0.15) is 11.2 Å². The van der Waals surface area contributed by atoms with E-state index in [0.717, 1.165) is 18.5 Å². The molecule has 0 atom stereocenters. The summed E-state index contributed by atoms with van der Waals surface area (Å²) < 4.78 is 3.20. The molecular formula is C20H23N3O3S. The van der Waals surface area contributed by atoms with Crippen LogP contribution in [0.25, 0.3) is 10.2 Å². The van der Waals surface area contributed by atoms with Crippen LogP contribution in [0, 0.1) is 0 Å². The number of aromatic nitrogens is 2. The van der Waals surface area contributed by atoms with Crippen molar-refractivity contribution in [3.63, 3.8) is 0 Å². The highest BCUT2D eigenvalue weighted by molar-refractivity contribution is 7.17. The number of rotatable bonds is 7. The van der Waals surface area contributed by atoms with Gasteiger partial charge in [0.2, 0.25) is 5.91 Å². The molecular weight excluding hydrogens is 362 g/mol. The third-order valence-electron chi connectivity index (χ3n) is 4.55. The molecule has 0 fully saturated rings. The normalized spacial score (nSPS) is 11.0. The first-order chi connectivity index (χ1) is 13.1. The van der Waals surface area contributed by atoms with Crippen molar-refractivity contribution < 1.29 is 4.79 Å². The highest BCUT2D eigenvalue weighted by Gasteiger charge is 2.19. The molecule has 0 unspecified atom stereocenters. The van der Waals surface area contributed by atoms with E-state index in [1.165, 1.54) is 20.5 Å². The SMILES string of the molecule is CCCCn1c(=O)c2sccc2n(CC(=O)N(CC)c2ccccc2)c1=O. The van der Waals surface area contributed by atoms with E-state index in [1.807, 2.05) is 44.2 Å². The second-order valence-electron chi connectivity index (χ2n) is 6.29. The number of amides is 1. The van der Waals surface area contributed by atoms with Gasteiger partial charge in [-0.1, -0.05) is 31.5 Å². The van der Waals surface area contributed by atoms with Crippen LogP contribution in [0.5, 0.6) is 0 Å². The Labute approximate surface area is 161 Å². The number of carbonyl (C=O) groups excluding carboxylic acids is 1. The van der Waals surface area contributed by atoms with Crippen LogP contribution in [-0.4, -0.2) is 21.6 Å². The minimum absolute atomic E-state index is 0.0960. The zero-order valence-corrected chi connectivity index (χ0v) is 16.4. The lowest BCUT2D eigenvalue weighted by Gasteiger charge is -2.22. The molecule has 0 saturated heterocycles. The molecule has 1 amide bonds. The van der Waals surface area contributed by atoms with Crippen molar-refractivity contribution in [2.45, 2.75) is 39.8 Å². The summed E-state index contributed by atoms with van der Waals surface area (Å²) in [5.74, 6) is -0.181. The Balaban J connectivity index is 2.03. The number of unbranched alkanes of at least 4 members (excludes halogenated alkanes) is 1.